The van der Waals surface area contributed by atoms with Gasteiger partial charge in [-0.3, -0.25) is 9.08 Å². The molecule has 1 aliphatic heterocycles. The number of nitrogens with one attached hydrogen (secondary N) is 1. The molecule has 2 atom stereocenters. The highest BCUT2D eigenvalue weighted by Crippen LogP contribution is 2.44. The van der Waals surface area contributed by atoms with Gasteiger partial charge in [0.15, 0.2) is 4.96 Å². The molecule has 4 aromatic rings. The third-order valence-electron chi connectivity index (χ3n) is 5.66. The molecule has 0 saturated carbocycles. The molecular weight excluding hydrogens is 342 g/mol. The minimum Gasteiger partial charge on any atom is -0.312 e. The van der Waals surface area contributed by atoms with E-state index >= 15 is 0 Å². The monoisotopic (exact) mass is 361 g/mol. The summed E-state index contributed by atoms with van der Waals surface area (Å²) in [5.41, 5.74) is 6.27. The third kappa shape index (κ3) is 2.00. The number of hydrogen-bond acceptors (Lipinski definition) is 4. The first-order chi connectivity index (χ1) is 12.7. The fraction of sp³-hybridized carbons (Fsp3) is 0.300. The molecule has 0 amide bonds. The Labute approximate surface area is 155 Å². The Kier molecular flexibility index (Phi) is 2.86. The van der Waals surface area contributed by atoms with Gasteiger partial charge in [0.05, 0.1) is 16.1 Å². The molecule has 0 unspecified atom stereocenters. The van der Waals surface area contributed by atoms with E-state index in [1.54, 1.807) is 11.3 Å². The third-order valence-corrected chi connectivity index (χ3v) is 6.70. The quantitative estimate of drug-likeness (QED) is 0.556. The van der Waals surface area contributed by atoms with E-state index < -0.39 is 0 Å². The Morgan fingerprint density at radius 2 is 2.15 bits per heavy atom. The van der Waals surface area contributed by atoms with E-state index in [2.05, 4.69) is 58.5 Å². The maximum atomic E-state index is 4.95. The molecule has 0 spiro atoms. The Hall–Kier alpha value is -2.44. The lowest BCUT2D eigenvalue weighted by atomic mass is 9.70. The van der Waals surface area contributed by atoms with E-state index in [0.29, 0.717) is 11.8 Å². The molecule has 26 heavy (non-hydrogen) atoms. The van der Waals surface area contributed by atoms with Crippen molar-refractivity contribution in [3.05, 3.63) is 53.6 Å². The lowest BCUT2D eigenvalue weighted by Crippen LogP contribution is -2.43. The van der Waals surface area contributed by atoms with Crippen LogP contribution >= 0.6 is 11.3 Å². The Morgan fingerprint density at radius 3 is 2.92 bits per heavy atom. The van der Waals surface area contributed by atoms with Gasteiger partial charge in [-0.15, -0.1) is 0 Å². The van der Waals surface area contributed by atoms with Gasteiger partial charge in [-0.1, -0.05) is 23.0 Å². The van der Waals surface area contributed by atoms with E-state index in [0.717, 1.165) is 23.6 Å². The average molecular weight is 361 g/mol. The Morgan fingerprint density at radius 1 is 1.23 bits per heavy atom. The van der Waals surface area contributed by atoms with Crippen LogP contribution < -0.4 is 5.32 Å². The number of aryl methyl sites for hydroxylation is 2. The van der Waals surface area contributed by atoms with Crippen molar-refractivity contribution in [2.24, 2.45) is 13.0 Å². The van der Waals surface area contributed by atoms with Crippen LogP contribution in [0.15, 0.2) is 42.4 Å². The fourth-order valence-corrected chi connectivity index (χ4v) is 5.40. The number of thiazole rings is 1. The lowest BCUT2D eigenvalue weighted by molar-refractivity contribution is 0.395. The number of benzene rings is 1. The molecule has 5 nitrogen and oxygen atoms in total. The van der Waals surface area contributed by atoms with Gasteiger partial charge >= 0.3 is 0 Å². The maximum Gasteiger partial charge on any atom is 0.194 e. The molecule has 130 valence electrons. The second-order valence-corrected chi connectivity index (χ2v) is 8.51. The first-order valence-corrected chi connectivity index (χ1v) is 9.81. The summed E-state index contributed by atoms with van der Waals surface area (Å²) < 4.78 is 4.08. The summed E-state index contributed by atoms with van der Waals surface area (Å²) in [5.74, 6) is 1.15. The molecule has 4 heterocycles. The zero-order valence-corrected chi connectivity index (χ0v) is 15.5. The molecule has 0 saturated heterocycles. The van der Waals surface area contributed by atoms with Gasteiger partial charge in [0.25, 0.3) is 0 Å². The number of hydrogen-bond donors (Lipinski definition) is 1. The first-order valence-electron chi connectivity index (χ1n) is 9.00. The van der Waals surface area contributed by atoms with Crippen LogP contribution in [0, 0.1) is 12.8 Å². The van der Waals surface area contributed by atoms with Gasteiger partial charge in [-0.25, -0.2) is 4.98 Å². The zero-order chi connectivity index (χ0) is 17.4. The maximum absolute atomic E-state index is 4.95. The second kappa shape index (κ2) is 5.05. The summed E-state index contributed by atoms with van der Waals surface area (Å²) in [5, 5.41) is 9.19. The van der Waals surface area contributed by atoms with Gasteiger partial charge in [0, 0.05) is 55.9 Å². The van der Waals surface area contributed by atoms with Crippen molar-refractivity contribution in [2.75, 3.05) is 13.1 Å². The van der Waals surface area contributed by atoms with Crippen LogP contribution in [-0.4, -0.2) is 32.3 Å². The van der Waals surface area contributed by atoms with Crippen LogP contribution in [0.1, 0.15) is 17.2 Å². The molecule has 2 bridgehead atoms. The SMILES string of the molecule is Cc1cc(-c2cn3cc([C@H]4C5=C[C@@H]4CNC5)nc3s2)cc2cn(C)nc12. The predicted molar refractivity (Wildman–Crippen MR) is 105 cm³/mol. The number of fused-ring (bicyclic) bond motifs is 3. The van der Waals surface area contributed by atoms with E-state index in [1.807, 2.05) is 11.7 Å². The fourth-order valence-electron chi connectivity index (χ4n) is 4.44. The van der Waals surface area contributed by atoms with Crippen molar-refractivity contribution in [3.8, 4) is 10.4 Å². The van der Waals surface area contributed by atoms with E-state index in [4.69, 9.17) is 4.98 Å². The second-order valence-electron chi connectivity index (χ2n) is 7.50. The number of aromatic nitrogens is 4. The molecule has 1 aromatic carbocycles. The Balaban J connectivity index is 1.40. The van der Waals surface area contributed by atoms with Gasteiger partial charge in [0.2, 0.25) is 0 Å². The van der Waals surface area contributed by atoms with Crippen molar-refractivity contribution in [1.29, 1.82) is 0 Å². The van der Waals surface area contributed by atoms with Crippen molar-refractivity contribution >= 4 is 27.2 Å². The highest BCUT2D eigenvalue weighted by atomic mass is 32.1. The molecule has 3 aromatic heterocycles. The van der Waals surface area contributed by atoms with E-state index in [1.165, 1.54) is 32.7 Å². The highest BCUT2D eigenvalue weighted by Gasteiger charge is 2.38. The smallest absolute Gasteiger partial charge is 0.194 e. The van der Waals surface area contributed by atoms with Crippen LogP contribution in [0.25, 0.3) is 26.3 Å². The summed E-state index contributed by atoms with van der Waals surface area (Å²) in [4.78, 5) is 7.28. The summed E-state index contributed by atoms with van der Waals surface area (Å²) in [6.07, 6.45) is 8.93. The Bertz CT molecular complexity index is 1180. The minimum absolute atomic E-state index is 0.529. The van der Waals surface area contributed by atoms with Crippen LogP contribution in [-0.2, 0) is 7.05 Å². The van der Waals surface area contributed by atoms with Gasteiger partial charge in [-0.05, 0) is 30.2 Å². The topological polar surface area (TPSA) is 47.1 Å². The standard InChI is InChI=1S/C20H19N5S/c1-11-3-12(4-15-8-24(2)23-19(11)15)17-10-25-9-16(22-20(25)26-17)18-13-5-14(18)7-21-6-13/h3-5,8-10,13,18,21H,6-7H2,1-2H3/t13-,18-/m1/s1. The van der Waals surface area contributed by atoms with Crippen LogP contribution in [0.2, 0.25) is 0 Å². The van der Waals surface area contributed by atoms with E-state index in [-0.39, 0.29) is 0 Å². The van der Waals surface area contributed by atoms with E-state index in [9.17, 15) is 0 Å². The normalized spacial score (nSPS) is 22.0. The zero-order valence-electron chi connectivity index (χ0n) is 14.7. The largest absolute Gasteiger partial charge is 0.312 e. The summed E-state index contributed by atoms with van der Waals surface area (Å²) >= 11 is 1.76. The minimum atomic E-state index is 0.529. The lowest BCUT2D eigenvalue weighted by Gasteiger charge is -2.40. The predicted octanol–water partition coefficient (Wildman–Crippen LogP) is 3.50. The molecule has 6 heteroatoms. The van der Waals surface area contributed by atoms with Crippen molar-refractivity contribution in [1.82, 2.24) is 24.5 Å². The molecule has 1 N–H and O–H groups in total. The molecular formula is C20H19N5S. The van der Waals surface area contributed by atoms with Crippen LogP contribution in [0.4, 0.5) is 0 Å². The first kappa shape index (κ1) is 14.7. The summed E-state index contributed by atoms with van der Waals surface area (Å²) in [6, 6.07) is 4.46. The van der Waals surface area contributed by atoms with Gasteiger partial charge in [0.1, 0.15) is 0 Å². The molecule has 0 radical (unpaired) electrons. The van der Waals surface area contributed by atoms with Gasteiger partial charge in [-0.2, -0.15) is 5.10 Å². The van der Waals surface area contributed by atoms with Gasteiger partial charge < -0.3 is 5.32 Å². The summed E-state index contributed by atoms with van der Waals surface area (Å²) in [7, 11) is 1.97. The molecule has 6 rings (SSSR count). The van der Waals surface area contributed by atoms with Crippen molar-refractivity contribution in [2.45, 2.75) is 12.8 Å². The number of piperidine rings is 1. The highest BCUT2D eigenvalue weighted by molar-refractivity contribution is 7.20. The average Bonchev–Trinajstić information content (AvgIpc) is 3.27. The van der Waals surface area contributed by atoms with Crippen molar-refractivity contribution < 1.29 is 0 Å². The van der Waals surface area contributed by atoms with Crippen LogP contribution in [0.5, 0.6) is 0 Å². The number of nitrogens with zero attached hydrogens (tertiary/aromatic N) is 4. The molecule has 1 aliphatic carbocycles. The molecule has 0 fully saturated rings. The number of imidazole rings is 1. The molecule has 2 aliphatic rings. The van der Waals surface area contributed by atoms with Crippen molar-refractivity contribution in [3.63, 3.8) is 0 Å². The summed E-state index contributed by atoms with van der Waals surface area (Å²) in [6.45, 7) is 4.23. The van der Waals surface area contributed by atoms with Crippen LogP contribution in [0.3, 0.4) is 0 Å². The number of rotatable bonds is 2.